The maximum Gasteiger partial charge on any atom is 0.378 e. The van der Waals surface area contributed by atoms with Gasteiger partial charge >= 0.3 is 18.3 Å². The van der Waals surface area contributed by atoms with Crippen LogP contribution in [0.2, 0.25) is 0 Å². The van der Waals surface area contributed by atoms with Gasteiger partial charge in [0.1, 0.15) is 6.04 Å². The molecule has 1 unspecified atom stereocenters. The van der Waals surface area contributed by atoms with Crippen LogP contribution in [0.4, 0.5) is 4.39 Å². The van der Waals surface area contributed by atoms with E-state index in [-0.39, 0.29) is 0 Å². The maximum absolute atomic E-state index is 12.4. The molecule has 2 atom stereocenters. The third-order valence-corrected chi connectivity index (χ3v) is 1.69. The van der Waals surface area contributed by atoms with E-state index >= 15 is 0 Å². The highest BCUT2D eigenvalue weighted by Crippen LogP contribution is 2.03. The molecular weight excluding hydrogens is 207 g/mol. The van der Waals surface area contributed by atoms with Crippen LogP contribution in [-0.2, 0) is 14.3 Å². The average Bonchev–Trinajstić information content (AvgIpc) is 2.17. The number of carbonyl (C=O) groups excluding carboxylic acids is 1. The highest BCUT2D eigenvalue weighted by molar-refractivity contribution is 5.79. The molecule has 0 aliphatic heterocycles. The molecule has 0 amide bonds. The summed E-state index contributed by atoms with van der Waals surface area (Å²) in [4.78, 5) is 21.0. The Hall–Kier alpha value is -1.21. The Morgan fingerprint density at radius 3 is 2.47 bits per heavy atom. The zero-order valence-corrected chi connectivity index (χ0v) is 8.19. The molecule has 0 rings (SSSR count). The van der Waals surface area contributed by atoms with Crippen molar-refractivity contribution in [3.05, 3.63) is 0 Å². The van der Waals surface area contributed by atoms with E-state index in [0.717, 1.165) is 0 Å². The van der Waals surface area contributed by atoms with Gasteiger partial charge in [0, 0.05) is 0 Å². The van der Waals surface area contributed by atoms with Crippen LogP contribution >= 0.6 is 0 Å². The molecule has 0 aromatic rings. The quantitative estimate of drug-likeness (QED) is 0.390. The summed E-state index contributed by atoms with van der Waals surface area (Å²) in [6.45, 7) is 0.475. The second-order valence-electron chi connectivity index (χ2n) is 2.98. The maximum atomic E-state index is 12.4. The number of carboxylic acid groups (broad SMARTS) is 1. The lowest BCUT2D eigenvalue weighted by Crippen LogP contribution is -2.36. The SMILES string of the molecule is NCCCC[C@H](N)C(=O)OC(F)C(=O)O. The fourth-order valence-electron chi connectivity index (χ4n) is 0.866. The lowest BCUT2D eigenvalue weighted by molar-refractivity contribution is -0.176. The number of aliphatic carboxylic acids is 1. The number of nitrogens with two attached hydrogens (primary N) is 2. The first-order valence-corrected chi connectivity index (χ1v) is 4.52. The summed E-state index contributed by atoms with van der Waals surface area (Å²) in [6.07, 6.45) is -1.06. The molecule has 7 heteroatoms. The highest BCUT2D eigenvalue weighted by Gasteiger charge is 2.24. The van der Waals surface area contributed by atoms with Gasteiger partial charge in [-0.1, -0.05) is 6.42 Å². The third-order valence-electron chi connectivity index (χ3n) is 1.69. The monoisotopic (exact) mass is 222 g/mol. The fourth-order valence-corrected chi connectivity index (χ4v) is 0.866. The predicted molar refractivity (Wildman–Crippen MR) is 49.5 cm³/mol. The molecular formula is C8H15FN2O4. The number of carbonyl (C=O) groups is 2. The zero-order valence-electron chi connectivity index (χ0n) is 8.19. The van der Waals surface area contributed by atoms with Gasteiger partial charge in [-0.2, -0.15) is 4.39 Å². The molecule has 88 valence electrons. The Balaban J connectivity index is 3.83. The molecule has 15 heavy (non-hydrogen) atoms. The number of hydrogen-bond acceptors (Lipinski definition) is 5. The molecule has 0 saturated carbocycles. The Labute approximate surface area is 86.4 Å². The Morgan fingerprint density at radius 2 is 2.00 bits per heavy atom. The second-order valence-corrected chi connectivity index (χ2v) is 2.98. The largest absolute Gasteiger partial charge is 0.476 e. The Bertz CT molecular complexity index is 225. The van der Waals surface area contributed by atoms with Crippen LogP contribution in [0, 0.1) is 0 Å². The van der Waals surface area contributed by atoms with Gasteiger partial charge < -0.3 is 21.3 Å². The van der Waals surface area contributed by atoms with Crippen molar-refractivity contribution in [2.45, 2.75) is 31.7 Å². The van der Waals surface area contributed by atoms with E-state index in [1.165, 1.54) is 0 Å². The lowest BCUT2D eigenvalue weighted by Gasteiger charge is -2.11. The number of hydrogen-bond donors (Lipinski definition) is 3. The first-order chi connectivity index (χ1) is 6.99. The number of carboxylic acids is 1. The Morgan fingerprint density at radius 1 is 1.40 bits per heavy atom. The van der Waals surface area contributed by atoms with Gasteiger partial charge in [0.15, 0.2) is 0 Å². The van der Waals surface area contributed by atoms with Crippen LogP contribution in [0.3, 0.4) is 0 Å². The summed E-state index contributed by atoms with van der Waals surface area (Å²) in [5.41, 5.74) is 10.5. The van der Waals surface area contributed by atoms with Crippen LogP contribution in [0.15, 0.2) is 0 Å². The van der Waals surface area contributed by atoms with E-state index in [1.54, 1.807) is 0 Å². The summed E-state index contributed by atoms with van der Waals surface area (Å²) in [5, 5.41) is 8.12. The van der Waals surface area contributed by atoms with Gasteiger partial charge in [0.05, 0.1) is 0 Å². The summed E-state index contributed by atoms with van der Waals surface area (Å²) < 4.78 is 16.3. The normalized spacial score (nSPS) is 14.3. The van der Waals surface area contributed by atoms with E-state index in [1.807, 2.05) is 0 Å². The minimum Gasteiger partial charge on any atom is -0.476 e. The second kappa shape index (κ2) is 7.13. The predicted octanol–water partition coefficient (Wildman–Crippen LogP) is -0.634. The van der Waals surface area contributed by atoms with E-state index < -0.39 is 24.3 Å². The lowest BCUT2D eigenvalue weighted by atomic mass is 10.1. The molecule has 0 fully saturated rings. The van der Waals surface area contributed by atoms with Crippen molar-refractivity contribution < 1.29 is 23.8 Å². The highest BCUT2D eigenvalue weighted by atomic mass is 19.1. The first kappa shape index (κ1) is 13.8. The molecule has 5 N–H and O–H groups in total. The van der Waals surface area contributed by atoms with Crippen molar-refractivity contribution in [2.75, 3.05) is 6.54 Å². The van der Waals surface area contributed by atoms with Gasteiger partial charge in [-0.05, 0) is 19.4 Å². The van der Waals surface area contributed by atoms with Crippen LogP contribution in [0.1, 0.15) is 19.3 Å². The first-order valence-electron chi connectivity index (χ1n) is 4.52. The minimum absolute atomic E-state index is 0.294. The van der Waals surface area contributed by atoms with Gasteiger partial charge in [-0.15, -0.1) is 0 Å². The van der Waals surface area contributed by atoms with E-state index in [0.29, 0.717) is 25.8 Å². The molecule has 0 heterocycles. The molecule has 0 radical (unpaired) electrons. The minimum atomic E-state index is -2.65. The summed E-state index contributed by atoms with van der Waals surface area (Å²) in [6, 6.07) is -1.01. The van der Waals surface area contributed by atoms with Crippen LogP contribution in [0.5, 0.6) is 0 Å². The van der Waals surface area contributed by atoms with Crippen molar-refractivity contribution in [1.29, 1.82) is 0 Å². The molecule has 0 aromatic heterocycles. The molecule has 0 aromatic carbocycles. The molecule has 0 bridgehead atoms. The van der Waals surface area contributed by atoms with Gasteiger partial charge in [-0.25, -0.2) is 4.79 Å². The third kappa shape index (κ3) is 5.97. The van der Waals surface area contributed by atoms with Crippen molar-refractivity contribution in [3.63, 3.8) is 0 Å². The van der Waals surface area contributed by atoms with Crippen molar-refractivity contribution in [2.24, 2.45) is 11.5 Å². The van der Waals surface area contributed by atoms with Gasteiger partial charge in [0.2, 0.25) is 0 Å². The van der Waals surface area contributed by atoms with Crippen molar-refractivity contribution >= 4 is 11.9 Å². The van der Waals surface area contributed by atoms with Crippen LogP contribution in [-0.4, -0.2) is 36.0 Å². The zero-order chi connectivity index (χ0) is 11.8. The summed E-state index contributed by atoms with van der Waals surface area (Å²) in [5.74, 6) is -2.90. The summed E-state index contributed by atoms with van der Waals surface area (Å²) in [7, 11) is 0. The molecule has 0 aliphatic rings. The van der Waals surface area contributed by atoms with Crippen molar-refractivity contribution in [1.82, 2.24) is 0 Å². The van der Waals surface area contributed by atoms with E-state index in [4.69, 9.17) is 16.6 Å². The number of unbranched alkanes of at least 4 members (excludes halogenated alkanes) is 1. The average molecular weight is 222 g/mol. The van der Waals surface area contributed by atoms with E-state index in [2.05, 4.69) is 4.74 Å². The number of ether oxygens (including phenoxy) is 1. The molecule has 0 spiro atoms. The number of rotatable bonds is 7. The summed E-state index contributed by atoms with van der Waals surface area (Å²) >= 11 is 0. The van der Waals surface area contributed by atoms with Gasteiger partial charge in [-0.3, -0.25) is 4.79 Å². The Kier molecular flexibility index (Phi) is 6.56. The van der Waals surface area contributed by atoms with Gasteiger partial charge in [0.25, 0.3) is 0 Å². The van der Waals surface area contributed by atoms with Crippen LogP contribution < -0.4 is 11.5 Å². The molecule has 0 saturated heterocycles. The number of halogens is 1. The molecule has 6 nitrogen and oxygen atoms in total. The fraction of sp³-hybridized carbons (Fsp3) is 0.750. The molecule has 0 aliphatic carbocycles. The number of esters is 1. The number of alkyl halides is 1. The standard InChI is InChI=1S/C8H15FN2O4/c9-6(7(12)13)15-8(14)5(11)3-1-2-4-10/h5-6H,1-4,10-11H2,(H,12,13)/t5-,6?/m0/s1. The van der Waals surface area contributed by atoms with Crippen LogP contribution in [0.25, 0.3) is 0 Å². The van der Waals surface area contributed by atoms with E-state index in [9.17, 15) is 14.0 Å². The van der Waals surface area contributed by atoms with Crippen molar-refractivity contribution in [3.8, 4) is 0 Å². The smallest absolute Gasteiger partial charge is 0.378 e. The topological polar surface area (TPSA) is 116 Å².